The molecule has 0 radical (unpaired) electrons. The molecule has 10 nitrogen and oxygen atoms in total. The molecule has 1 heterocycles. The fourth-order valence-electron chi connectivity index (χ4n) is 9.43. The highest BCUT2D eigenvalue weighted by atomic mass is 32.1. The topological polar surface area (TPSA) is 140 Å². The smallest absolute Gasteiger partial charge is 0.338 e. The van der Waals surface area contributed by atoms with E-state index < -0.39 is 40.9 Å². The number of rotatable bonds is 11. The van der Waals surface area contributed by atoms with Gasteiger partial charge in [0.25, 0.3) is 11.8 Å². The van der Waals surface area contributed by atoms with Crippen molar-refractivity contribution < 1.29 is 33.4 Å². The molecular weight excluding hydrogens is 739 g/mol. The van der Waals surface area contributed by atoms with Crippen LogP contribution in [0.1, 0.15) is 133 Å². The van der Waals surface area contributed by atoms with E-state index in [4.69, 9.17) is 9.47 Å². The van der Waals surface area contributed by atoms with Gasteiger partial charge in [0, 0.05) is 23.5 Å². The molecule has 4 aliphatic rings. The molecule has 1 unspecified atom stereocenters. The first-order valence-electron chi connectivity index (χ1n) is 20.0. The second kappa shape index (κ2) is 15.7. The van der Waals surface area contributed by atoms with Gasteiger partial charge in [0.1, 0.15) is 11.2 Å². The highest BCUT2D eigenvalue weighted by Gasteiger charge is 2.50. The van der Waals surface area contributed by atoms with Gasteiger partial charge in [-0.25, -0.2) is 9.59 Å². The van der Waals surface area contributed by atoms with E-state index in [-0.39, 0.29) is 40.2 Å². The molecular formula is C46H53N3O7S. The fourth-order valence-corrected chi connectivity index (χ4v) is 10.2. The van der Waals surface area contributed by atoms with Crippen molar-refractivity contribution in [2.24, 2.45) is 23.2 Å². The molecule has 3 N–H and O–H groups in total. The molecule has 11 heteroatoms. The predicted octanol–water partition coefficient (Wildman–Crippen LogP) is 8.91. The summed E-state index contributed by atoms with van der Waals surface area (Å²) in [4.78, 5) is 68.7. The average Bonchev–Trinajstić information content (AvgIpc) is 3.59. The van der Waals surface area contributed by atoms with E-state index >= 15 is 0 Å². The first kappa shape index (κ1) is 40.2. The van der Waals surface area contributed by atoms with Gasteiger partial charge in [-0.2, -0.15) is 0 Å². The Morgan fingerprint density at radius 1 is 0.719 bits per heavy atom. The third kappa shape index (κ3) is 9.58. The van der Waals surface area contributed by atoms with E-state index in [1.165, 1.54) is 48.8 Å². The highest BCUT2D eigenvalue weighted by molar-refractivity contribution is 7.17. The molecule has 0 saturated heterocycles. The standard InChI is InChI=1S/C46H53N3O7S/c1-44(2,3)55-42(53)32-17-33(43(54)56-45(4,5)6)19-34(18-32)49-41(52)37(30-10-8-7-9-11-30)25-47-39(50)35-20-31-12-13-57-38(31)21-36(35)40(51)48-26-46-22-27-14-28(23-46)16-29(15-27)24-46/h7-13,17-21,27-29,37H,14-16,22-26H2,1-6H3,(H,47,50)(H,48,51)(H,49,52). The van der Waals surface area contributed by atoms with Crippen LogP contribution in [0, 0.1) is 23.2 Å². The Bertz CT molecular complexity index is 2110. The van der Waals surface area contributed by atoms with Crippen LogP contribution >= 0.6 is 11.3 Å². The van der Waals surface area contributed by atoms with Crippen LogP contribution in [0.4, 0.5) is 5.69 Å². The van der Waals surface area contributed by atoms with Crippen molar-refractivity contribution in [3.8, 4) is 0 Å². The van der Waals surface area contributed by atoms with E-state index in [1.54, 1.807) is 77.9 Å². The molecule has 4 saturated carbocycles. The Labute approximate surface area is 338 Å². The van der Waals surface area contributed by atoms with Crippen molar-refractivity contribution in [1.82, 2.24) is 10.6 Å². The van der Waals surface area contributed by atoms with Gasteiger partial charge in [-0.1, -0.05) is 30.3 Å². The molecule has 300 valence electrons. The van der Waals surface area contributed by atoms with E-state index in [9.17, 15) is 24.0 Å². The lowest BCUT2D eigenvalue weighted by Gasteiger charge is -2.56. The minimum absolute atomic E-state index is 0.0611. The number of fused-ring (bicyclic) bond motifs is 1. The maximum Gasteiger partial charge on any atom is 0.338 e. The number of anilines is 1. The van der Waals surface area contributed by atoms with Crippen molar-refractivity contribution in [1.29, 1.82) is 0 Å². The molecule has 1 atom stereocenters. The number of thiophene rings is 1. The van der Waals surface area contributed by atoms with E-state index in [2.05, 4.69) is 16.0 Å². The van der Waals surface area contributed by atoms with Gasteiger partial charge in [0.15, 0.2) is 0 Å². The lowest BCUT2D eigenvalue weighted by Crippen LogP contribution is -2.51. The third-order valence-electron chi connectivity index (χ3n) is 11.3. The molecule has 0 aliphatic heterocycles. The molecule has 4 fully saturated rings. The van der Waals surface area contributed by atoms with Gasteiger partial charge in [-0.15, -0.1) is 11.3 Å². The number of hydrogen-bond acceptors (Lipinski definition) is 8. The predicted molar refractivity (Wildman–Crippen MR) is 222 cm³/mol. The summed E-state index contributed by atoms with van der Waals surface area (Å²) < 4.78 is 12.1. The van der Waals surface area contributed by atoms with E-state index in [0.717, 1.165) is 47.1 Å². The van der Waals surface area contributed by atoms with Crippen LogP contribution in [-0.4, -0.2) is 54.0 Å². The Hall–Kier alpha value is -5.03. The van der Waals surface area contributed by atoms with Crippen molar-refractivity contribution >= 4 is 56.8 Å². The van der Waals surface area contributed by atoms with Gasteiger partial charge in [0.05, 0.1) is 28.2 Å². The SMILES string of the molecule is CC(C)(C)OC(=O)c1cc(NC(=O)C(CNC(=O)c2cc3ccsc3cc2C(=O)NCC23CC4CC(CC(C4)C2)C3)c2ccccc2)cc(C(=O)OC(C)(C)C)c1. The number of esters is 2. The Kier molecular flexibility index (Phi) is 11.1. The Morgan fingerprint density at radius 2 is 1.26 bits per heavy atom. The van der Waals surface area contributed by atoms with E-state index in [0.29, 0.717) is 17.7 Å². The number of amides is 3. The van der Waals surface area contributed by atoms with Crippen LogP contribution < -0.4 is 16.0 Å². The van der Waals surface area contributed by atoms with E-state index in [1.807, 2.05) is 17.5 Å². The fraction of sp³-hybridized carbons (Fsp3) is 0.457. The average molecular weight is 792 g/mol. The quantitative estimate of drug-likeness (QED) is 0.129. The Morgan fingerprint density at radius 3 is 1.82 bits per heavy atom. The van der Waals surface area contributed by atoms with Crippen LogP contribution in [0.3, 0.4) is 0 Å². The summed E-state index contributed by atoms with van der Waals surface area (Å²) >= 11 is 1.51. The molecule has 57 heavy (non-hydrogen) atoms. The first-order chi connectivity index (χ1) is 26.9. The molecule has 1 aromatic heterocycles. The van der Waals surface area contributed by atoms with Gasteiger partial charge >= 0.3 is 11.9 Å². The summed E-state index contributed by atoms with van der Waals surface area (Å²) in [5, 5.41) is 11.9. The van der Waals surface area contributed by atoms with Crippen LogP contribution in [0.5, 0.6) is 0 Å². The normalized spacial score (nSPS) is 21.8. The summed E-state index contributed by atoms with van der Waals surface area (Å²) in [7, 11) is 0. The lowest BCUT2D eigenvalue weighted by atomic mass is 9.49. The minimum Gasteiger partial charge on any atom is -0.456 e. The van der Waals surface area contributed by atoms with Crippen molar-refractivity contribution in [2.45, 2.75) is 97.2 Å². The zero-order valence-corrected chi connectivity index (χ0v) is 34.5. The molecule has 4 aliphatic carbocycles. The van der Waals surface area contributed by atoms with Crippen molar-refractivity contribution in [3.05, 3.63) is 99.9 Å². The molecule has 4 bridgehead atoms. The third-order valence-corrected chi connectivity index (χ3v) is 12.2. The highest BCUT2D eigenvalue weighted by Crippen LogP contribution is 2.59. The number of carbonyl (C=O) groups excluding carboxylic acids is 5. The molecule has 8 rings (SSSR count). The molecule has 4 aromatic rings. The maximum atomic E-state index is 14.2. The minimum atomic E-state index is -0.886. The second-order valence-electron chi connectivity index (χ2n) is 18.4. The summed E-state index contributed by atoms with van der Waals surface area (Å²) in [5.41, 5.74) is 0.00644. The summed E-state index contributed by atoms with van der Waals surface area (Å²) in [6, 6.07) is 18.8. The van der Waals surface area contributed by atoms with Gasteiger partial charge in [-0.05, 0) is 156 Å². The van der Waals surface area contributed by atoms with Gasteiger partial charge < -0.3 is 25.4 Å². The Balaban J connectivity index is 1.11. The number of ether oxygens (including phenoxy) is 2. The summed E-state index contributed by atoms with van der Waals surface area (Å²) in [6.45, 7) is 10.9. The van der Waals surface area contributed by atoms with Crippen molar-refractivity contribution in [3.63, 3.8) is 0 Å². The largest absolute Gasteiger partial charge is 0.456 e. The molecule has 3 amide bonds. The monoisotopic (exact) mass is 791 g/mol. The maximum absolute atomic E-state index is 14.2. The first-order valence-corrected chi connectivity index (χ1v) is 20.9. The van der Waals surface area contributed by atoms with Crippen LogP contribution in [0.2, 0.25) is 0 Å². The number of hydrogen-bond donors (Lipinski definition) is 3. The zero-order valence-electron chi connectivity index (χ0n) is 33.7. The van der Waals surface area contributed by atoms with Gasteiger partial charge in [0.2, 0.25) is 5.91 Å². The number of carbonyl (C=O) groups is 5. The van der Waals surface area contributed by atoms with Crippen LogP contribution in [0.15, 0.2) is 72.1 Å². The zero-order chi connectivity index (χ0) is 40.7. The molecule has 3 aromatic carbocycles. The van der Waals surface area contributed by atoms with Crippen LogP contribution in [0.25, 0.3) is 10.1 Å². The molecule has 0 spiro atoms. The number of benzene rings is 3. The van der Waals surface area contributed by atoms with Crippen LogP contribution in [-0.2, 0) is 14.3 Å². The van der Waals surface area contributed by atoms with Gasteiger partial charge in [-0.3, -0.25) is 14.4 Å². The summed E-state index contributed by atoms with van der Waals surface area (Å²) in [6.07, 6.45) is 7.44. The lowest BCUT2D eigenvalue weighted by molar-refractivity contribution is -0.117. The second-order valence-corrected chi connectivity index (χ2v) is 19.4. The number of nitrogens with one attached hydrogen (secondary N) is 3. The van der Waals surface area contributed by atoms with Crippen molar-refractivity contribution in [2.75, 3.05) is 18.4 Å². The summed E-state index contributed by atoms with van der Waals surface area (Å²) in [5.74, 6) is -1.19.